The van der Waals surface area contributed by atoms with Crippen LogP contribution in [0.1, 0.15) is 0 Å². The first-order valence-corrected chi connectivity index (χ1v) is 18.3. The summed E-state index contributed by atoms with van der Waals surface area (Å²) in [5.74, 6) is 0. The molecule has 0 radical (unpaired) electrons. The van der Waals surface area contributed by atoms with Gasteiger partial charge in [-0.15, -0.1) is 0 Å². The highest BCUT2D eigenvalue weighted by Crippen LogP contribution is 2.50. The smallest absolute Gasteiger partial charge is 0.160 e. The molecule has 0 saturated carbocycles. The van der Waals surface area contributed by atoms with Gasteiger partial charge in [-0.1, -0.05) is 127 Å². The SMILES string of the molecule is c1ccc2c(c1)-c1cccc3cc(-n4c5c(ccc6c7ccccc7oc65)c5ccc6c7ccccc7n(-c7ccc8ccccc8c7)c6c54)cc-2c13. The number of furan rings is 1. The molecule has 0 aliphatic heterocycles. The van der Waals surface area contributed by atoms with Crippen molar-refractivity contribution in [1.29, 1.82) is 0 Å². The molecular formula is C50H28N2O. The topological polar surface area (TPSA) is 23.0 Å². The number of nitrogens with zero attached hydrogens (tertiary/aromatic N) is 2. The van der Waals surface area contributed by atoms with Gasteiger partial charge in [-0.05, 0) is 86.3 Å². The molecule has 1 aliphatic rings. The third-order valence-electron chi connectivity index (χ3n) is 11.8. The zero-order chi connectivity index (χ0) is 34.4. The Bertz CT molecular complexity index is 3570. The summed E-state index contributed by atoms with van der Waals surface area (Å²) in [6, 6.07) is 62.3. The summed E-state index contributed by atoms with van der Waals surface area (Å²) in [6.45, 7) is 0. The van der Waals surface area contributed by atoms with Crippen molar-refractivity contribution >= 4 is 87.1 Å². The van der Waals surface area contributed by atoms with Crippen LogP contribution in [-0.2, 0) is 0 Å². The molecule has 0 unspecified atom stereocenters. The van der Waals surface area contributed by atoms with Crippen molar-refractivity contribution in [3.63, 3.8) is 0 Å². The van der Waals surface area contributed by atoms with Crippen molar-refractivity contribution in [2.75, 3.05) is 0 Å². The van der Waals surface area contributed by atoms with E-state index in [4.69, 9.17) is 4.42 Å². The van der Waals surface area contributed by atoms with Crippen LogP contribution in [0.25, 0.3) is 121 Å². The largest absolute Gasteiger partial charge is 0.454 e. The maximum atomic E-state index is 6.87. The Kier molecular flexibility index (Phi) is 5.11. The number of benzene rings is 9. The summed E-state index contributed by atoms with van der Waals surface area (Å²) in [6.07, 6.45) is 0. The fourth-order valence-corrected chi connectivity index (χ4v) is 9.58. The van der Waals surface area contributed by atoms with E-state index in [2.05, 4.69) is 179 Å². The van der Waals surface area contributed by atoms with Gasteiger partial charge in [0.05, 0.1) is 22.1 Å². The fraction of sp³-hybridized carbons (Fsp3) is 0. The second-order valence-electron chi connectivity index (χ2n) is 14.5. The maximum Gasteiger partial charge on any atom is 0.160 e. The molecule has 0 amide bonds. The van der Waals surface area contributed by atoms with E-state index < -0.39 is 0 Å². The lowest BCUT2D eigenvalue weighted by Crippen LogP contribution is -1.99. The molecule has 244 valence electrons. The summed E-state index contributed by atoms with van der Waals surface area (Å²) in [5, 5.41) is 12.1. The molecular weight excluding hydrogens is 645 g/mol. The van der Waals surface area contributed by atoms with Crippen LogP contribution in [0.4, 0.5) is 0 Å². The zero-order valence-corrected chi connectivity index (χ0v) is 28.5. The lowest BCUT2D eigenvalue weighted by atomic mass is 10.0. The van der Waals surface area contributed by atoms with Crippen LogP contribution in [0, 0.1) is 0 Å². The van der Waals surface area contributed by atoms with Gasteiger partial charge in [-0.25, -0.2) is 0 Å². The number of para-hydroxylation sites is 2. The van der Waals surface area contributed by atoms with Gasteiger partial charge in [0, 0.05) is 43.7 Å². The summed E-state index contributed by atoms with van der Waals surface area (Å²) < 4.78 is 11.9. The minimum absolute atomic E-state index is 0.901. The van der Waals surface area contributed by atoms with E-state index in [1.807, 2.05) is 0 Å². The van der Waals surface area contributed by atoms with Crippen LogP contribution >= 0.6 is 0 Å². The van der Waals surface area contributed by atoms with Crippen molar-refractivity contribution in [3.05, 3.63) is 170 Å². The Balaban J connectivity index is 1.27. The van der Waals surface area contributed by atoms with E-state index in [1.54, 1.807) is 0 Å². The first-order valence-electron chi connectivity index (χ1n) is 18.3. The van der Waals surface area contributed by atoms with Gasteiger partial charge in [0.1, 0.15) is 5.58 Å². The van der Waals surface area contributed by atoms with E-state index >= 15 is 0 Å². The number of rotatable bonds is 2. The molecule has 9 aromatic carbocycles. The molecule has 0 fully saturated rings. The Labute approximate surface area is 303 Å². The first-order chi connectivity index (χ1) is 26.3. The molecule has 3 aromatic heterocycles. The lowest BCUT2D eigenvalue weighted by molar-refractivity contribution is 0.671. The highest BCUT2D eigenvalue weighted by molar-refractivity contribution is 6.28. The maximum absolute atomic E-state index is 6.87. The van der Waals surface area contributed by atoms with E-state index in [9.17, 15) is 0 Å². The van der Waals surface area contributed by atoms with E-state index in [0.29, 0.717) is 0 Å². The first kappa shape index (κ1) is 27.6. The molecule has 3 heterocycles. The number of hydrogen-bond donors (Lipinski definition) is 0. The average Bonchev–Trinajstić information content (AvgIpc) is 3.95. The predicted octanol–water partition coefficient (Wildman–Crippen LogP) is 13.7. The standard InChI is InChI=1S/C50H28N2O/c1-2-11-30-26-32(21-20-29(30)10-1)51-44-18-7-5-15-36(44)39-22-23-40-41-24-25-42-37-16-6-8-19-45(37)53-50(42)49(41)52(48(40)47(39)51)33-27-31-12-9-17-38-34-13-3-4-14-35(34)43(28-33)46(31)38/h1-28H. The minimum atomic E-state index is 0.901. The van der Waals surface area contributed by atoms with Gasteiger partial charge in [-0.3, -0.25) is 0 Å². The Morgan fingerprint density at radius 2 is 0.962 bits per heavy atom. The summed E-state index contributed by atoms with van der Waals surface area (Å²) in [5.41, 5.74) is 13.9. The number of fused-ring (bicyclic) bond motifs is 15. The van der Waals surface area contributed by atoms with E-state index in [0.717, 1.165) is 38.8 Å². The average molecular weight is 673 g/mol. The van der Waals surface area contributed by atoms with Crippen LogP contribution in [0.15, 0.2) is 174 Å². The number of hydrogen-bond acceptors (Lipinski definition) is 1. The molecule has 0 bridgehead atoms. The van der Waals surface area contributed by atoms with Crippen LogP contribution < -0.4 is 0 Å². The molecule has 3 nitrogen and oxygen atoms in total. The quantitative estimate of drug-likeness (QED) is 0.179. The van der Waals surface area contributed by atoms with Gasteiger partial charge in [-0.2, -0.15) is 0 Å². The van der Waals surface area contributed by atoms with Crippen LogP contribution in [-0.4, -0.2) is 9.13 Å². The second kappa shape index (κ2) is 9.81. The summed E-state index contributed by atoms with van der Waals surface area (Å²) >= 11 is 0. The Hall–Kier alpha value is -7.10. The van der Waals surface area contributed by atoms with Crippen molar-refractivity contribution in [3.8, 4) is 33.6 Å². The molecule has 0 saturated heterocycles. The number of aromatic nitrogens is 2. The normalized spacial score (nSPS) is 12.5. The highest BCUT2D eigenvalue weighted by atomic mass is 16.3. The van der Waals surface area contributed by atoms with E-state index in [1.165, 1.54) is 81.9 Å². The zero-order valence-electron chi connectivity index (χ0n) is 28.5. The summed E-state index contributed by atoms with van der Waals surface area (Å²) in [4.78, 5) is 0. The summed E-state index contributed by atoms with van der Waals surface area (Å²) in [7, 11) is 0. The van der Waals surface area contributed by atoms with Crippen molar-refractivity contribution < 1.29 is 4.42 Å². The van der Waals surface area contributed by atoms with Gasteiger partial charge in [0.2, 0.25) is 0 Å². The molecule has 12 aromatic rings. The van der Waals surface area contributed by atoms with Crippen molar-refractivity contribution in [2.24, 2.45) is 0 Å². The Morgan fingerprint density at radius 3 is 1.85 bits per heavy atom. The lowest BCUT2D eigenvalue weighted by Gasteiger charge is -2.15. The third kappa shape index (κ3) is 3.49. The molecule has 0 atom stereocenters. The van der Waals surface area contributed by atoms with Gasteiger partial charge in [0.15, 0.2) is 5.58 Å². The third-order valence-corrected chi connectivity index (χ3v) is 11.8. The van der Waals surface area contributed by atoms with Gasteiger partial charge >= 0.3 is 0 Å². The van der Waals surface area contributed by atoms with Crippen molar-refractivity contribution in [1.82, 2.24) is 9.13 Å². The van der Waals surface area contributed by atoms with Crippen LogP contribution in [0.3, 0.4) is 0 Å². The fourth-order valence-electron chi connectivity index (χ4n) is 9.58. The van der Waals surface area contributed by atoms with Crippen LogP contribution in [0.2, 0.25) is 0 Å². The predicted molar refractivity (Wildman–Crippen MR) is 222 cm³/mol. The van der Waals surface area contributed by atoms with Gasteiger partial charge in [0.25, 0.3) is 0 Å². The Morgan fingerprint density at radius 1 is 0.340 bits per heavy atom. The minimum Gasteiger partial charge on any atom is -0.454 e. The second-order valence-corrected chi connectivity index (χ2v) is 14.5. The molecule has 1 aliphatic carbocycles. The molecule has 13 rings (SSSR count). The van der Waals surface area contributed by atoms with Crippen LogP contribution in [0.5, 0.6) is 0 Å². The monoisotopic (exact) mass is 672 g/mol. The molecule has 3 heteroatoms. The van der Waals surface area contributed by atoms with Crippen molar-refractivity contribution in [2.45, 2.75) is 0 Å². The highest BCUT2D eigenvalue weighted by Gasteiger charge is 2.27. The van der Waals surface area contributed by atoms with Gasteiger partial charge < -0.3 is 13.6 Å². The molecule has 0 spiro atoms. The van der Waals surface area contributed by atoms with E-state index in [-0.39, 0.29) is 0 Å². The molecule has 0 N–H and O–H groups in total. The molecule has 53 heavy (non-hydrogen) atoms.